The lowest BCUT2D eigenvalue weighted by molar-refractivity contribution is 0.0613. The Morgan fingerprint density at radius 1 is 1.05 bits per heavy atom. The number of rotatable bonds is 4. The third kappa shape index (κ3) is 4.37. The molecule has 0 atom stereocenters. The Kier molecular flexibility index (Phi) is 6.35. The first-order chi connectivity index (χ1) is 20.2. The molecule has 6 aromatic rings. The van der Waals surface area contributed by atoms with E-state index in [-0.39, 0.29) is 22.8 Å². The normalized spacial score (nSPS) is 11.4. The quantitative estimate of drug-likeness (QED) is 0.331. The van der Waals surface area contributed by atoms with Crippen LogP contribution in [0.4, 0.5) is 5.82 Å². The number of hydrogen-bond acceptors (Lipinski definition) is 6. The highest BCUT2D eigenvalue weighted by molar-refractivity contribution is 6.04. The number of carbonyl (C=O) groups excluding carboxylic acids is 1. The fourth-order valence-electron chi connectivity index (χ4n) is 5.08. The van der Waals surface area contributed by atoms with Gasteiger partial charge in [0.2, 0.25) is 0 Å². The first-order valence-corrected chi connectivity index (χ1v) is 13.3. The van der Waals surface area contributed by atoms with E-state index in [4.69, 9.17) is 5.73 Å². The highest BCUT2D eigenvalue weighted by atomic mass is 16.2. The lowest BCUT2D eigenvalue weighted by Gasteiger charge is -2.37. The topological polar surface area (TPSA) is 116 Å². The molecule has 0 aliphatic heterocycles. The van der Waals surface area contributed by atoms with Crippen molar-refractivity contribution >= 4 is 28.1 Å². The number of nitrogen functional groups attached to an aromatic ring is 1. The lowest BCUT2D eigenvalue weighted by atomic mass is 9.93. The molecule has 42 heavy (non-hydrogen) atoms. The van der Waals surface area contributed by atoms with Crippen molar-refractivity contribution in [3.63, 3.8) is 0 Å². The second kappa shape index (κ2) is 10.1. The minimum Gasteiger partial charge on any atom is -0.381 e. The summed E-state index contributed by atoms with van der Waals surface area (Å²) < 4.78 is 4.81. The van der Waals surface area contributed by atoms with Gasteiger partial charge in [0, 0.05) is 43.9 Å². The second-order valence-electron chi connectivity index (χ2n) is 10.5. The van der Waals surface area contributed by atoms with Gasteiger partial charge >= 0.3 is 0 Å². The SMILES string of the molecule is CN(C(=O)c1c(N)nn2cccnc12)C(C)(C)c1cc2cccc(C#Cc3cnn(C)c3)c2c(=O)n1-c1ccccc1. The Balaban J connectivity index is 1.55. The smallest absolute Gasteiger partial charge is 0.264 e. The number of nitrogens with two attached hydrogens (primary N) is 1. The molecule has 6 rings (SSSR count). The van der Waals surface area contributed by atoms with E-state index >= 15 is 0 Å². The van der Waals surface area contributed by atoms with Crippen LogP contribution in [-0.4, -0.2) is 46.8 Å². The third-order valence-electron chi connectivity index (χ3n) is 7.51. The van der Waals surface area contributed by atoms with Crippen molar-refractivity contribution < 1.29 is 4.79 Å². The van der Waals surface area contributed by atoms with Crippen LogP contribution in [0.2, 0.25) is 0 Å². The number of aromatic nitrogens is 6. The fraction of sp³-hybridized carbons (Fsp3) is 0.156. The zero-order chi connectivity index (χ0) is 29.6. The molecule has 1 amide bonds. The van der Waals surface area contributed by atoms with Crippen LogP contribution in [0.5, 0.6) is 0 Å². The van der Waals surface area contributed by atoms with Crippen LogP contribution in [-0.2, 0) is 12.6 Å². The summed E-state index contributed by atoms with van der Waals surface area (Å²) >= 11 is 0. The van der Waals surface area contributed by atoms with E-state index in [2.05, 4.69) is 27.0 Å². The molecule has 2 aromatic carbocycles. The highest BCUT2D eigenvalue weighted by Crippen LogP contribution is 2.33. The molecular weight excluding hydrogens is 528 g/mol. The minimum atomic E-state index is -0.979. The molecule has 0 radical (unpaired) electrons. The molecule has 0 bridgehead atoms. The first-order valence-electron chi connectivity index (χ1n) is 13.3. The summed E-state index contributed by atoms with van der Waals surface area (Å²) in [7, 11) is 3.52. The number of pyridine rings is 1. The standard InChI is InChI=1S/C32H28N8O2/c1-32(2,38(4)30(41)27-28(33)36-39-17-9-16-34-29(27)39)25-18-23-11-8-10-22(15-14-21-19-35-37(3)20-21)26(23)31(42)40(25)24-12-6-5-7-13-24/h5-13,16-20H,1-4H3,(H2,33,36). The average Bonchev–Trinajstić information content (AvgIpc) is 3.56. The molecule has 10 nitrogen and oxygen atoms in total. The minimum absolute atomic E-state index is 0.0807. The van der Waals surface area contributed by atoms with Gasteiger partial charge in [-0.05, 0) is 49.6 Å². The van der Waals surface area contributed by atoms with Gasteiger partial charge in [0.1, 0.15) is 5.56 Å². The van der Waals surface area contributed by atoms with Crippen LogP contribution in [0.3, 0.4) is 0 Å². The molecule has 10 heteroatoms. The molecule has 4 heterocycles. The summed E-state index contributed by atoms with van der Waals surface area (Å²) in [5.41, 5.74) is 8.16. The lowest BCUT2D eigenvalue weighted by Crippen LogP contribution is -2.46. The molecular formula is C32H28N8O2. The molecule has 0 aliphatic carbocycles. The Morgan fingerprint density at radius 2 is 1.83 bits per heavy atom. The van der Waals surface area contributed by atoms with Crippen molar-refractivity contribution in [1.82, 2.24) is 33.8 Å². The van der Waals surface area contributed by atoms with Gasteiger partial charge in [0.15, 0.2) is 11.5 Å². The number of benzene rings is 2. The summed E-state index contributed by atoms with van der Waals surface area (Å²) in [6, 6.07) is 18.6. The fourth-order valence-corrected chi connectivity index (χ4v) is 5.08. The van der Waals surface area contributed by atoms with Crippen LogP contribution in [0.15, 0.2) is 90.2 Å². The van der Waals surface area contributed by atoms with Crippen molar-refractivity contribution in [3.05, 3.63) is 118 Å². The van der Waals surface area contributed by atoms with E-state index in [1.165, 1.54) is 4.52 Å². The van der Waals surface area contributed by atoms with Crippen LogP contribution >= 0.6 is 0 Å². The summed E-state index contributed by atoms with van der Waals surface area (Å²) in [6.07, 6.45) is 6.77. The summed E-state index contributed by atoms with van der Waals surface area (Å²) in [5, 5.41) is 9.63. The van der Waals surface area contributed by atoms with Crippen molar-refractivity contribution in [2.24, 2.45) is 7.05 Å². The summed E-state index contributed by atoms with van der Waals surface area (Å²) in [6.45, 7) is 3.79. The number of aryl methyl sites for hydroxylation is 1. The van der Waals surface area contributed by atoms with Crippen LogP contribution in [0.25, 0.3) is 22.1 Å². The van der Waals surface area contributed by atoms with Crippen LogP contribution < -0.4 is 11.3 Å². The predicted molar refractivity (Wildman–Crippen MR) is 161 cm³/mol. The van der Waals surface area contributed by atoms with E-state index < -0.39 is 5.54 Å². The van der Waals surface area contributed by atoms with E-state index in [9.17, 15) is 9.59 Å². The zero-order valence-electron chi connectivity index (χ0n) is 23.6. The molecule has 0 unspecified atom stereocenters. The molecule has 0 fully saturated rings. The van der Waals surface area contributed by atoms with Crippen molar-refractivity contribution in [2.75, 3.05) is 12.8 Å². The Hall–Kier alpha value is -5.69. The summed E-state index contributed by atoms with van der Waals surface area (Å²) in [5.74, 6) is 5.99. The van der Waals surface area contributed by atoms with Gasteiger partial charge in [0.05, 0.1) is 28.4 Å². The van der Waals surface area contributed by atoms with Gasteiger partial charge < -0.3 is 10.6 Å². The number of nitrogens with zero attached hydrogens (tertiary/aromatic N) is 7. The first kappa shape index (κ1) is 26.5. The molecule has 208 valence electrons. The maximum absolute atomic E-state index is 14.4. The number of amides is 1. The van der Waals surface area contributed by atoms with Gasteiger partial charge in [-0.2, -0.15) is 5.10 Å². The Labute approximate surface area is 241 Å². The second-order valence-corrected chi connectivity index (χ2v) is 10.5. The van der Waals surface area contributed by atoms with E-state index in [1.54, 1.807) is 45.9 Å². The number of para-hydroxylation sites is 1. The van der Waals surface area contributed by atoms with Gasteiger partial charge in [0.25, 0.3) is 11.5 Å². The van der Waals surface area contributed by atoms with E-state index in [0.29, 0.717) is 33.4 Å². The highest BCUT2D eigenvalue weighted by Gasteiger charge is 2.36. The molecule has 0 saturated carbocycles. The molecule has 2 N–H and O–H groups in total. The van der Waals surface area contributed by atoms with Crippen LogP contribution in [0.1, 0.15) is 41.0 Å². The van der Waals surface area contributed by atoms with Gasteiger partial charge in [-0.15, -0.1) is 5.10 Å². The van der Waals surface area contributed by atoms with Gasteiger partial charge in [-0.1, -0.05) is 42.2 Å². The Bertz CT molecular complexity index is 2110. The molecule has 0 aliphatic rings. The largest absolute Gasteiger partial charge is 0.381 e. The number of anilines is 1. The van der Waals surface area contributed by atoms with Crippen molar-refractivity contribution in [2.45, 2.75) is 19.4 Å². The van der Waals surface area contributed by atoms with Crippen molar-refractivity contribution in [3.8, 4) is 17.5 Å². The predicted octanol–water partition coefficient (Wildman–Crippen LogP) is 3.76. The number of carbonyl (C=O) groups is 1. The molecule has 0 saturated heterocycles. The van der Waals surface area contributed by atoms with Crippen LogP contribution in [0, 0.1) is 11.8 Å². The summed E-state index contributed by atoms with van der Waals surface area (Å²) in [4.78, 5) is 34.3. The maximum Gasteiger partial charge on any atom is 0.264 e. The monoisotopic (exact) mass is 556 g/mol. The number of fused-ring (bicyclic) bond motifs is 2. The van der Waals surface area contributed by atoms with Gasteiger partial charge in [-0.25, -0.2) is 9.50 Å². The zero-order valence-corrected chi connectivity index (χ0v) is 23.6. The molecule has 4 aromatic heterocycles. The maximum atomic E-state index is 14.4. The third-order valence-corrected chi connectivity index (χ3v) is 7.51. The van der Waals surface area contributed by atoms with Crippen molar-refractivity contribution in [1.29, 1.82) is 0 Å². The Morgan fingerprint density at radius 3 is 2.57 bits per heavy atom. The van der Waals surface area contributed by atoms with E-state index in [1.807, 2.05) is 81.7 Å². The van der Waals surface area contributed by atoms with E-state index in [0.717, 1.165) is 5.56 Å². The molecule has 0 spiro atoms. The number of hydrogen-bond donors (Lipinski definition) is 1. The van der Waals surface area contributed by atoms with Gasteiger partial charge in [-0.3, -0.25) is 18.8 Å². The average molecular weight is 557 g/mol.